The van der Waals surface area contributed by atoms with Crippen LogP contribution in [0.2, 0.25) is 0 Å². The van der Waals surface area contributed by atoms with Crippen LogP contribution in [0.15, 0.2) is 24.3 Å². The molecular weight excluding hydrogens is 240 g/mol. The number of methoxy groups -OCH3 is 1. The SMILES string of the molecule is COc1ccc(C(CBr)C(C)C)cc1. The Morgan fingerprint density at radius 3 is 2.14 bits per heavy atom. The first-order valence-electron chi connectivity index (χ1n) is 4.89. The molecule has 1 rings (SSSR count). The molecule has 0 fully saturated rings. The Bertz CT molecular complexity index is 266. The zero-order valence-corrected chi connectivity index (χ0v) is 10.5. The first-order chi connectivity index (χ1) is 6.69. The second-order valence-electron chi connectivity index (χ2n) is 3.78. The Labute approximate surface area is 94.6 Å². The molecule has 0 spiro atoms. The smallest absolute Gasteiger partial charge is 0.118 e. The van der Waals surface area contributed by atoms with Crippen LogP contribution >= 0.6 is 15.9 Å². The Kier molecular flexibility index (Phi) is 4.46. The average molecular weight is 257 g/mol. The van der Waals surface area contributed by atoms with Gasteiger partial charge in [0.2, 0.25) is 0 Å². The second-order valence-corrected chi connectivity index (χ2v) is 4.43. The molecule has 1 atom stereocenters. The van der Waals surface area contributed by atoms with Crippen molar-refractivity contribution in [3.8, 4) is 5.75 Å². The minimum atomic E-state index is 0.584. The van der Waals surface area contributed by atoms with E-state index < -0.39 is 0 Å². The minimum Gasteiger partial charge on any atom is -0.497 e. The van der Waals surface area contributed by atoms with Crippen molar-refractivity contribution in [1.82, 2.24) is 0 Å². The van der Waals surface area contributed by atoms with E-state index in [-0.39, 0.29) is 0 Å². The molecule has 0 saturated carbocycles. The molecular formula is C12H17BrO. The maximum absolute atomic E-state index is 5.13. The van der Waals surface area contributed by atoms with Crippen LogP contribution in [0, 0.1) is 5.92 Å². The van der Waals surface area contributed by atoms with E-state index in [0.717, 1.165) is 11.1 Å². The molecule has 0 aliphatic heterocycles. The van der Waals surface area contributed by atoms with Gasteiger partial charge in [-0.2, -0.15) is 0 Å². The molecule has 0 aromatic heterocycles. The lowest BCUT2D eigenvalue weighted by Crippen LogP contribution is -2.07. The van der Waals surface area contributed by atoms with Crippen LogP contribution in [0.1, 0.15) is 25.3 Å². The summed E-state index contributed by atoms with van der Waals surface area (Å²) < 4.78 is 5.13. The van der Waals surface area contributed by atoms with Crippen molar-refractivity contribution in [3.63, 3.8) is 0 Å². The normalized spacial score (nSPS) is 12.9. The van der Waals surface area contributed by atoms with Gasteiger partial charge in [-0.3, -0.25) is 0 Å². The third-order valence-corrected chi connectivity index (χ3v) is 3.21. The average Bonchev–Trinajstić information content (AvgIpc) is 2.19. The number of alkyl halides is 1. The Morgan fingerprint density at radius 1 is 1.21 bits per heavy atom. The van der Waals surface area contributed by atoms with E-state index in [1.54, 1.807) is 7.11 Å². The lowest BCUT2D eigenvalue weighted by atomic mass is 9.90. The lowest BCUT2D eigenvalue weighted by molar-refractivity contribution is 0.414. The van der Waals surface area contributed by atoms with Crippen LogP contribution in [0.5, 0.6) is 5.75 Å². The van der Waals surface area contributed by atoms with Gasteiger partial charge >= 0.3 is 0 Å². The van der Waals surface area contributed by atoms with Gasteiger partial charge in [-0.15, -0.1) is 0 Å². The van der Waals surface area contributed by atoms with Crippen LogP contribution in [0.4, 0.5) is 0 Å². The zero-order valence-electron chi connectivity index (χ0n) is 8.96. The summed E-state index contributed by atoms with van der Waals surface area (Å²) in [5.41, 5.74) is 1.37. The third kappa shape index (κ3) is 2.74. The van der Waals surface area contributed by atoms with Gasteiger partial charge < -0.3 is 4.74 Å². The van der Waals surface area contributed by atoms with Crippen LogP contribution in [0.25, 0.3) is 0 Å². The fourth-order valence-corrected chi connectivity index (χ4v) is 2.62. The van der Waals surface area contributed by atoms with Crippen molar-refractivity contribution < 1.29 is 4.74 Å². The van der Waals surface area contributed by atoms with E-state index >= 15 is 0 Å². The molecule has 0 aliphatic carbocycles. The van der Waals surface area contributed by atoms with Gasteiger partial charge in [0.1, 0.15) is 5.75 Å². The highest BCUT2D eigenvalue weighted by Gasteiger charge is 2.13. The maximum Gasteiger partial charge on any atom is 0.118 e. The molecule has 14 heavy (non-hydrogen) atoms. The molecule has 1 nitrogen and oxygen atoms in total. The molecule has 0 amide bonds. The molecule has 1 aromatic rings. The standard InChI is InChI=1S/C12H17BrO/c1-9(2)12(8-13)10-4-6-11(14-3)7-5-10/h4-7,9,12H,8H2,1-3H3. The molecule has 1 unspecified atom stereocenters. The van der Waals surface area contributed by atoms with Gasteiger partial charge in [0.15, 0.2) is 0 Å². The van der Waals surface area contributed by atoms with Crippen LogP contribution in [-0.4, -0.2) is 12.4 Å². The summed E-state index contributed by atoms with van der Waals surface area (Å²) in [5, 5.41) is 1.01. The molecule has 0 radical (unpaired) electrons. The third-order valence-electron chi connectivity index (χ3n) is 2.51. The highest BCUT2D eigenvalue weighted by molar-refractivity contribution is 9.09. The van der Waals surface area contributed by atoms with E-state index in [9.17, 15) is 0 Å². The molecule has 2 heteroatoms. The lowest BCUT2D eigenvalue weighted by Gasteiger charge is -2.18. The number of benzene rings is 1. The Morgan fingerprint density at radius 2 is 1.79 bits per heavy atom. The summed E-state index contributed by atoms with van der Waals surface area (Å²) >= 11 is 3.56. The first-order valence-corrected chi connectivity index (χ1v) is 6.01. The van der Waals surface area contributed by atoms with Crippen molar-refractivity contribution in [1.29, 1.82) is 0 Å². The summed E-state index contributed by atoms with van der Waals surface area (Å²) in [6.45, 7) is 4.49. The van der Waals surface area contributed by atoms with Crippen LogP contribution in [-0.2, 0) is 0 Å². The van der Waals surface area contributed by atoms with Gasteiger partial charge in [-0.1, -0.05) is 41.9 Å². The maximum atomic E-state index is 5.13. The number of halogens is 1. The number of rotatable bonds is 4. The fraction of sp³-hybridized carbons (Fsp3) is 0.500. The topological polar surface area (TPSA) is 9.23 Å². The number of hydrogen-bond acceptors (Lipinski definition) is 1. The van der Waals surface area contributed by atoms with Crippen LogP contribution in [0.3, 0.4) is 0 Å². The van der Waals surface area contributed by atoms with Crippen molar-refractivity contribution >= 4 is 15.9 Å². The van der Waals surface area contributed by atoms with Crippen LogP contribution < -0.4 is 4.74 Å². The minimum absolute atomic E-state index is 0.584. The first kappa shape index (κ1) is 11.6. The number of ether oxygens (including phenoxy) is 1. The highest BCUT2D eigenvalue weighted by Crippen LogP contribution is 2.27. The van der Waals surface area contributed by atoms with Crippen molar-refractivity contribution in [2.24, 2.45) is 5.92 Å². The van der Waals surface area contributed by atoms with E-state index in [4.69, 9.17) is 4.74 Å². The molecule has 0 bridgehead atoms. The highest BCUT2D eigenvalue weighted by atomic mass is 79.9. The van der Waals surface area contributed by atoms with Gasteiger partial charge in [0.25, 0.3) is 0 Å². The Hall–Kier alpha value is -0.500. The fourth-order valence-electron chi connectivity index (χ4n) is 1.50. The van der Waals surface area contributed by atoms with E-state index in [2.05, 4.69) is 41.9 Å². The van der Waals surface area contributed by atoms with Crippen molar-refractivity contribution in [3.05, 3.63) is 29.8 Å². The largest absolute Gasteiger partial charge is 0.497 e. The summed E-state index contributed by atoms with van der Waals surface area (Å²) in [5.74, 6) is 2.16. The second kappa shape index (κ2) is 5.40. The predicted octanol–water partition coefficient (Wildman–Crippen LogP) is 3.83. The summed E-state index contributed by atoms with van der Waals surface area (Å²) in [7, 11) is 1.69. The summed E-state index contributed by atoms with van der Waals surface area (Å²) in [6, 6.07) is 8.33. The molecule has 0 aliphatic rings. The number of hydrogen-bond donors (Lipinski definition) is 0. The van der Waals surface area contributed by atoms with E-state index in [1.165, 1.54) is 5.56 Å². The van der Waals surface area contributed by atoms with Gasteiger partial charge in [-0.05, 0) is 29.5 Å². The molecule has 1 aromatic carbocycles. The molecule has 0 N–H and O–H groups in total. The monoisotopic (exact) mass is 256 g/mol. The van der Waals surface area contributed by atoms with Gasteiger partial charge in [0.05, 0.1) is 7.11 Å². The van der Waals surface area contributed by atoms with Crippen molar-refractivity contribution in [2.75, 3.05) is 12.4 Å². The zero-order chi connectivity index (χ0) is 10.6. The van der Waals surface area contributed by atoms with Gasteiger partial charge in [-0.25, -0.2) is 0 Å². The molecule has 78 valence electrons. The Balaban J connectivity index is 2.84. The predicted molar refractivity (Wildman–Crippen MR) is 64.4 cm³/mol. The van der Waals surface area contributed by atoms with E-state index in [1.807, 2.05) is 12.1 Å². The van der Waals surface area contributed by atoms with E-state index in [0.29, 0.717) is 11.8 Å². The summed E-state index contributed by atoms with van der Waals surface area (Å²) in [4.78, 5) is 0. The quantitative estimate of drug-likeness (QED) is 0.745. The molecule has 0 saturated heterocycles. The van der Waals surface area contributed by atoms with Crippen molar-refractivity contribution in [2.45, 2.75) is 19.8 Å². The summed E-state index contributed by atoms with van der Waals surface area (Å²) in [6.07, 6.45) is 0. The molecule has 0 heterocycles. The van der Waals surface area contributed by atoms with Gasteiger partial charge in [0, 0.05) is 5.33 Å².